The molecule has 0 N–H and O–H groups in total. The molecule has 3 heteroatoms. The third kappa shape index (κ3) is 10.3. The van der Waals surface area contributed by atoms with Gasteiger partial charge in [0, 0.05) is 0 Å². The Morgan fingerprint density at radius 1 is 0.760 bits per heavy atom. The Bertz CT molecular complexity index is 371. The summed E-state index contributed by atoms with van der Waals surface area (Å²) in [5, 5.41) is 0. The van der Waals surface area contributed by atoms with Gasteiger partial charge in [-0.2, -0.15) is 0 Å². The maximum atomic E-state index is 12.5. The van der Waals surface area contributed by atoms with Crippen LogP contribution in [0, 0.1) is 23.7 Å². The van der Waals surface area contributed by atoms with Gasteiger partial charge in [-0.15, -0.1) is 13.2 Å². The van der Waals surface area contributed by atoms with Gasteiger partial charge in [-0.1, -0.05) is 52.7 Å². The number of carbonyl (C=O) groups is 2. The first-order chi connectivity index (χ1) is 11.8. The molecule has 144 valence electrons. The van der Waals surface area contributed by atoms with Gasteiger partial charge in [-0.3, -0.25) is 9.59 Å². The molecule has 0 aliphatic carbocycles. The molecular formula is C22H38O3. The molecule has 0 spiro atoms. The van der Waals surface area contributed by atoms with E-state index in [1.807, 2.05) is 39.8 Å². The number of ether oxygens (including phenoxy) is 1. The topological polar surface area (TPSA) is 43.4 Å². The predicted molar refractivity (Wildman–Crippen MR) is 105 cm³/mol. The van der Waals surface area contributed by atoms with E-state index in [4.69, 9.17) is 4.74 Å². The lowest BCUT2D eigenvalue weighted by molar-refractivity contribution is -0.167. The van der Waals surface area contributed by atoms with Gasteiger partial charge in [-0.25, -0.2) is 0 Å². The minimum Gasteiger partial charge on any atom is -0.393 e. The van der Waals surface area contributed by atoms with Crippen molar-refractivity contribution in [2.75, 3.05) is 0 Å². The molecule has 0 radical (unpaired) electrons. The van der Waals surface area contributed by atoms with Crippen LogP contribution in [0.15, 0.2) is 25.3 Å². The van der Waals surface area contributed by atoms with Gasteiger partial charge in [0.05, 0.1) is 11.8 Å². The van der Waals surface area contributed by atoms with Crippen LogP contribution in [0.2, 0.25) is 0 Å². The molecule has 25 heavy (non-hydrogen) atoms. The summed E-state index contributed by atoms with van der Waals surface area (Å²) in [4.78, 5) is 25.0. The van der Waals surface area contributed by atoms with Crippen LogP contribution in [0.5, 0.6) is 0 Å². The first-order valence-corrected chi connectivity index (χ1v) is 9.82. The second-order valence-electron chi connectivity index (χ2n) is 7.59. The molecule has 2 unspecified atom stereocenters. The highest BCUT2D eigenvalue weighted by Crippen LogP contribution is 2.24. The van der Waals surface area contributed by atoms with E-state index < -0.39 is 0 Å². The first kappa shape index (κ1) is 23.6. The number of hydrogen-bond acceptors (Lipinski definition) is 3. The minimum absolute atomic E-state index is 0.175. The number of esters is 2. The lowest BCUT2D eigenvalue weighted by Crippen LogP contribution is -2.30. The summed E-state index contributed by atoms with van der Waals surface area (Å²) in [6.07, 6.45) is 11.2. The van der Waals surface area contributed by atoms with Gasteiger partial charge in [0.2, 0.25) is 0 Å². The zero-order valence-electron chi connectivity index (χ0n) is 16.8. The Balaban J connectivity index is 4.62. The van der Waals surface area contributed by atoms with Crippen LogP contribution in [-0.2, 0) is 14.3 Å². The van der Waals surface area contributed by atoms with Gasteiger partial charge in [-0.05, 0) is 50.4 Å². The molecule has 2 atom stereocenters. The van der Waals surface area contributed by atoms with Crippen LogP contribution in [-0.4, -0.2) is 11.9 Å². The Labute approximate surface area is 154 Å². The molecular weight excluding hydrogens is 312 g/mol. The van der Waals surface area contributed by atoms with E-state index in [0.29, 0.717) is 0 Å². The van der Waals surface area contributed by atoms with Crippen molar-refractivity contribution in [1.82, 2.24) is 0 Å². The van der Waals surface area contributed by atoms with Gasteiger partial charge < -0.3 is 4.74 Å². The standard InChI is InChI=1S/C22H38O3/c1-7-9-11-13-15-19(17(3)4)21(23)25-22(24)20(18(5)6)16-14-12-10-8-2/h7-8,17-20H,1-2,9-16H2,3-6H3. The molecule has 0 bridgehead atoms. The Kier molecular flexibility index (Phi) is 13.1. The summed E-state index contributed by atoms with van der Waals surface area (Å²) >= 11 is 0. The number of unbranched alkanes of at least 4 members (excludes halogenated alkanes) is 4. The van der Waals surface area contributed by atoms with Crippen LogP contribution in [0.4, 0.5) is 0 Å². The summed E-state index contributed by atoms with van der Waals surface area (Å²) in [7, 11) is 0. The molecule has 0 saturated carbocycles. The van der Waals surface area contributed by atoms with Crippen LogP contribution in [0.3, 0.4) is 0 Å². The summed E-state index contributed by atoms with van der Waals surface area (Å²) in [6, 6.07) is 0. The highest BCUT2D eigenvalue weighted by Gasteiger charge is 2.30. The predicted octanol–water partition coefficient (Wildman–Crippen LogP) is 6.09. The van der Waals surface area contributed by atoms with Crippen molar-refractivity contribution in [3.8, 4) is 0 Å². The second-order valence-corrected chi connectivity index (χ2v) is 7.59. The van der Waals surface area contributed by atoms with Crippen molar-refractivity contribution in [3.05, 3.63) is 25.3 Å². The number of hydrogen-bond donors (Lipinski definition) is 0. The zero-order valence-corrected chi connectivity index (χ0v) is 16.8. The molecule has 0 rings (SSSR count). The number of allylic oxidation sites excluding steroid dienone is 2. The van der Waals surface area contributed by atoms with Crippen molar-refractivity contribution in [2.45, 2.75) is 79.1 Å². The maximum absolute atomic E-state index is 12.5. The molecule has 0 heterocycles. The molecule has 0 amide bonds. The maximum Gasteiger partial charge on any atom is 0.316 e. The van der Waals surface area contributed by atoms with Crippen LogP contribution in [0.1, 0.15) is 79.1 Å². The quantitative estimate of drug-likeness (QED) is 0.165. The fraction of sp³-hybridized carbons (Fsp3) is 0.727. The molecule has 0 aliphatic rings. The summed E-state index contributed by atoms with van der Waals surface area (Å²) in [5.74, 6) is -0.765. The average molecular weight is 351 g/mol. The number of carbonyl (C=O) groups excluding carboxylic acids is 2. The largest absolute Gasteiger partial charge is 0.393 e. The molecule has 3 nitrogen and oxygen atoms in total. The van der Waals surface area contributed by atoms with Crippen molar-refractivity contribution in [2.24, 2.45) is 23.7 Å². The summed E-state index contributed by atoms with van der Waals surface area (Å²) < 4.78 is 5.29. The van der Waals surface area contributed by atoms with Gasteiger partial charge in [0.25, 0.3) is 0 Å². The second kappa shape index (κ2) is 13.9. The lowest BCUT2D eigenvalue weighted by atomic mass is 9.89. The van der Waals surface area contributed by atoms with E-state index in [2.05, 4.69) is 13.2 Å². The monoisotopic (exact) mass is 350 g/mol. The lowest BCUT2D eigenvalue weighted by Gasteiger charge is -2.22. The van der Waals surface area contributed by atoms with Gasteiger partial charge in [0.15, 0.2) is 0 Å². The average Bonchev–Trinajstić information content (AvgIpc) is 2.53. The summed E-state index contributed by atoms with van der Waals surface area (Å²) in [6.45, 7) is 15.5. The summed E-state index contributed by atoms with van der Waals surface area (Å²) in [5.41, 5.74) is 0. The Morgan fingerprint density at radius 3 is 1.40 bits per heavy atom. The van der Waals surface area contributed by atoms with E-state index in [1.54, 1.807) is 0 Å². The third-order valence-electron chi connectivity index (χ3n) is 4.76. The molecule has 0 fully saturated rings. The zero-order chi connectivity index (χ0) is 19.2. The van der Waals surface area contributed by atoms with Crippen LogP contribution in [0.25, 0.3) is 0 Å². The van der Waals surface area contributed by atoms with Crippen molar-refractivity contribution >= 4 is 11.9 Å². The van der Waals surface area contributed by atoms with E-state index in [0.717, 1.165) is 51.4 Å². The highest BCUT2D eigenvalue weighted by atomic mass is 16.6. The normalized spacial score (nSPS) is 13.5. The SMILES string of the molecule is C=CCCCCC(C(=O)OC(=O)C(CCCCC=C)C(C)C)C(C)C. The highest BCUT2D eigenvalue weighted by molar-refractivity contribution is 5.88. The van der Waals surface area contributed by atoms with E-state index in [1.165, 1.54) is 0 Å². The van der Waals surface area contributed by atoms with Gasteiger partial charge >= 0.3 is 11.9 Å². The van der Waals surface area contributed by atoms with Crippen molar-refractivity contribution in [1.29, 1.82) is 0 Å². The van der Waals surface area contributed by atoms with Crippen molar-refractivity contribution in [3.63, 3.8) is 0 Å². The minimum atomic E-state index is -0.352. The third-order valence-corrected chi connectivity index (χ3v) is 4.76. The smallest absolute Gasteiger partial charge is 0.316 e. The van der Waals surface area contributed by atoms with Crippen LogP contribution < -0.4 is 0 Å². The fourth-order valence-corrected chi connectivity index (χ4v) is 3.00. The first-order valence-electron chi connectivity index (χ1n) is 9.82. The van der Waals surface area contributed by atoms with E-state index in [-0.39, 0.29) is 35.6 Å². The van der Waals surface area contributed by atoms with Crippen LogP contribution >= 0.6 is 0 Å². The molecule has 0 aromatic carbocycles. The molecule has 0 saturated heterocycles. The Morgan fingerprint density at radius 2 is 1.12 bits per heavy atom. The van der Waals surface area contributed by atoms with Gasteiger partial charge in [0.1, 0.15) is 0 Å². The molecule has 0 aliphatic heterocycles. The molecule has 0 aromatic heterocycles. The fourth-order valence-electron chi connectivity index (χ4n) is 3.00. The number of rotatable bonds is 14. The molecule has 0 aromatic rings. The van der Waals surface area contributed by atoms with E-state index >= 15 is 0 Å². The van der Waals surface area contributed by atoms with E-state index in [9.17, 15) is 9.59 Å². The van der Waals surface area contributed by atoms with Crippen molar-refractivity contribution < 1.29 is 14.3 Å². The Hall–Kier alpha value is -1.38.